The molecule has 1 aliphatic heterocycles. The van der Waals surface area contributed by atoms with E-state index in [4.69, 9.17) is 4.74 Å². The Bertz CT molecular complexity index is 889. The Morgan fingerprint density at radius 2 is 1.96 bits per heavy atom. The Balaban J connectivity index is 1.67. The maximum Gasteiger partial charge on any atom is 0.337 e. The minimum Gasteiger partial charge on any atom is -0.465 e. The highest BCUT2D eigenvalue weighted by Gasteiger charge is 2.49. The lowest BCUT2D eigenvalue weighted by Crippen LogP contribution is -2.50. The van der Waals surface area contributed by atoms with Crippen LogP contribution >= 0.6 is 0 Å². The fourth-order valence-corrected chi connectivity index (χ4v) is 4.06. The first-order chi connectivity index (χ1) is 12.5. The number of hydrogen-bond donors (Lipinski definition) is 0. The maximum atomic E-state index is 13.7. The molecule has 1 heterocycles. The van der Waals surface area contributed by atoms with Crippen LogP contribution in [0, 0.1) is 5.82 Å². The molecule has 0 radical (unpaired) electrons. The van der Waals surface area contributed by atoms with Gasteiger partial charge in [0.15, 0.2) is 0 Å². The summed E-state index contributed by atoms with van der Waals surface area (Å²) in [4.78, 5) is 26.9. The van der Waals surface area contributed by atoms with Gasteiger partial charge in [0.25, 0.3) is 0 Å². The summed E-state index contributed by atoms with van der Waals surface area (Å²) in [5.41, 5.74) is 2.42. The molecule has 2 aromatic rings. The molecule has 0 aromatic heterocycles. The van der Waals surface area contributed by atoms with E-state index >= 15 is 0 Å². The van der Waals surface area contributed by atoms with Crippen molar-refractivity contribution in [2.24, 2.45) is 0 Å². The highest BCUT2D eigenvalue weighted by Crippen LogP contribution is 2.47. The van der Waals surface area contributed by atoms with Crippen molar-refractivity contribution in [1.82, 2.24) is 0 Å². The second-order valence-electron chi connectivity index (χ2n) is 6.99. The molecule has 5 heteroatoms. The summed E-state index contributed by atoms with van der Waals surface area (Å²) >= 11 is 0. The number of methoxy groups -OCH3 is 1. The zero-order valence-corrected chi connectivity index (χ0v) is 14.6. The van der Waals surface area contributed by atoms with E-state index in [-0.39, 0.29) is 17.7 Å². The van der Waals surface area contributed by atoms with E-state index in [9.17, 15) is 14.0 Å². The van der Waals surface area contributed by atoms with Crippen LogP contribution in [0.4, 0.5) is 10.1 Å². The molecule has 0 spiro atoms. The first-order valence-corrected chi connectivity index (χ1v) is 8.84. The van der Waals surface area contributed by atoms with Crippen LogP contribution < -0.4 is 4.90 Å². The fourth-order valence-electron chi connectivity index (χ4n) is 4.06. The molecule has 26 heavy (non-hydrogen) atoms. The molecule has 2 aliphatic rings. The number of rotatable bonds is 3. The number of hydrogen-bond acceptors (Lipinski definition) is 3. The van der Waals surface area contributed by atoms with Crippen molar-refractivity contribution in [2.75, 3.05) is 18.6 Å². The first-order valence-electron chi connectivity index (χ1n) is 8.84. The standard InChI is InChI=1S/C21H20FNO3/c1-26-19(24)15-6-7-18-14(12-15)8-11-23(18)20(25)21(9-3-10-21)16-4-2-5-17(22)13-16/h2,4-7,12-13H,3,8-11H2,1H3. The lowest BCUT2D eigenvalue weighted by Gasteiger charge is -2.43. The summed E-state index contributed by atoms with van der Waals surface area (Å²) in [6, 6.07) is 11.7. The number of carbonyl (C=O) groups is 2. The van der Waals surface area contributed by atoms with Gasteiger partial charge in [0.2, 0.25) is 5.91 Å². The van der Waals surface area contributed by atoms with E-state index in [0.29, 0.717) is 18.5 Å². The van der Waals surface area contributed by atoms with E-state index in [2.05, 4.69) is 0 Å². The molecule has 1 fully saturated rings. The predicted octanol–water partition coefficient (Wildman–Crippen LogP) is 3.62. The van der Waals surface area contributed by atoms with Crippen LogP contribution in [0.3, 0.4) is 0 Å². The molecule has 0 unspecified atom stereocenters. The van der Waals surface area contributed by atoms with Gasteiger partial charge in [-0.15, -0.1) is 0 Å². The molecular weight excluding hydrogens is 333 g/mol. The second-order valence-corrected chi connectivity index (χ2v) is 6.99. The van der Waals surface area contributed by atoms with Gasteiger partial charge in [-0.2, -0.15) is 0 Å². The molecule has 1 aliphatic carbocycles. The average molecular weight is 353 g/mol. The summed E-state index contributed by atoms with van der Waals surface area (Å²) in [5, 5.41) is 0. The number of halogens is 1. The molecule has 0 atom stereocenters. The number of anilines is 1. The third kappa shape index (κ3) is 2.50. The number of fused-ring (bicyclic) bond motifs is 1. The third-order valence-corrected chi connectivity index (χ3v) is 5.63. The molecule has 134 valence electrons. The topological polar surface area (TPSA) is 46.6 Å². The summed E-state index contributed by atoms with van der Waals surface area (Å²) in [5.74, 6) is -0.669. The Kier molecular flexibility index (Phi) is 4.02. The number of ether oxygens (including phenoxy) is 1. The van der Waals surface area contributed by atoms with Crippen LogP contribution in [-0.4, -0.2) is 25.5 Å². The van der Waals surface area contributed by atoms with Gasteiger partial charge in [-0.25, -0.2) is 9.18 Å². The smallest absolute Gasteiger partial charge is 0.337 e. The van der Waals surface area contributed by atoms with E-state index in [1.807, 2.05) is 12.1 Å². The van der Waals surface area contributed by atoms with Crippen LogP contribution in [-0.2, 0) is 21.4 Å². The molecule has 0 N–H and O–H groups in total. The van der Waals surface area contributed by atoms with E-state index in [1.165, 1.54) is 19.2 Å². The van der Waals surface area contributed by atoms with Crippen molar-refractivity contribution < 1.29 is 18.7 Å². The molecule has 0 saturated heterocycles. The summed E-state index contributed by atoms with van der Waals surface area (Å²) < 4.78 is 18.5. The number of nitrogens with zero attached hydrogens (tertiary/aromatic N) is 1. The minimum atomic E-state index is -0.634. The van der Waals surface area contributed by atoms with Crippen LogP contribution in [0.5, 0.6) is 0 Å². The maximum absolute atomic E-state index is 13.7. The third-order valence-electron chi connectivity index (χ3n) is 5.63. The SMILES string of the molecule is COC(=O)c1ccc2c(c1)CCN2C(=O)C1(c2cccc(F)c2)CCC1. The first kappa shape index (κ1) is 16.8. The highest BCUT2D eigenvalue weighted by atomic mass is 19.1. The highest BCUT2D eigenvalue weighted by molar-refractivity contribution is 6.03. The molecular formula is C21H20FNO3. The Morgan fingerprint density at radius 1 is 1.15 bits per heavy atom. The van der Waals surface area contributed by atoms with E-state index < -0.39 is 5.41 Å². The molecule has 1 saturated carbocycles. The van der Waals surface area contributed by atoms with Gasteiger partial charge in [0.05, 0.1) is 18.1 Å². The Morgan fingerprint density at radius 3 is 2.62 bits per heavy atom. The quantitative estimate of drug-likeness (QED) is 0.792. The Labute approximate surface area is 151 Å². The van der Waals surface area contributed by atoms with Crippen molar-refractivity contribution in [3.63, 3.8) is 0 Å². The molecule has 4 rings (SSSR count). The molecule has 4 nitrogen and oxygen atoms in total. The van der Waals surface area contributed by atoms with Gasteiger partial charge >= 0.3 is 5.97 Å². The zero-order valence-electron chi connectivity index (χ0n) is 14.6. The van der Waals surface area contributed by atoms with Gasteiger partial charge in [-0.05, 0) is 60.7 Å². The van der Waals surface area contributed by atoms with Crippen molar-refractivity contribution in [2.45, 2.75) is 31.1 Å². The normalized spacial score (nSPS) is 17.4. The minimum absolute atomic E-state index is 0.0268. The van der Waals surface area contributed by atoms with Gasteiger partial charge in [0.1, 0.15) is 5.82 Å². The van der Waals surface area contributed by atoms with Crippen LogP contribution in [0.1, 0.15) is 40.7 Å². The fraction of sp³-hybridized carbons (Fsp3) is 0.333. The van der Waals surface area contributed by atoms with Gasteiger partial charge < -0.3 is 9.64 Å². The molecule has 0 bridgehead atoms. The van der Waals surface area contributed by atoms with E-state index in [1.54, 1.807) is 23.1 Å². The largest absolute Gasteiger partial charge is 0.465 e. The average Bonchev–Trinajstić information content (AvgIpc) is 3.03. The monoisotopic (exact) mass is 353 g/mol. The summed E-state index contributed by atoms with van der Waals surface area (Å²) in [7, 11) is 1.35. The van der Waals surface area contributed by atoms with Crippen molar-refractivity contribution in [3.8, 4) is 0 Å². The predicted molar refractivity (Wildman–Crippen MR) is 95.8 cm³/mol. The molecule has 1 amide bonds. The van der Waals surface area contributed by atoms with Crippen molar-refractivity contribution in [3.05, 3.63) is 65.0 Å². The van der Waals surface area contributed by atoms with Gasteiger partial charge in [-0.3, -0.25) is 4.79 Å². The van der Waals surface area contributed by atoms with Crippen molar-refractivity contribution in [1.29, 1.82) is 0 Å². The van der Waals surface area contributed by atoms with E-state index in [0.717, 1.165) is 36.1 Å². The van der Waals surface area contributed by atoms with Crippen LogP contribution in [0.25, 0.3) is 0 Å². The summed E-state index contributed by atoms with van der Waals surface area (Å²) in [6.07, 6.45) is 3.14. The number of esters is 1. The Hall–Kier alpha value is -2.69. The van der Waals surface area contributed by atoms with Crippen LogP contribution in [0.2, 0.25) is 0 Å². The zero-order chi connectivity index (χ0) is 18.3. The van der Waals surface area contributed by atoms with Gasteiger partial charge in [-0.1, -0.05) is 18.6 Å². The number of carbonyl (C=O) groups excluding carboxylic acids is 2. The van der Waals surface area contributed by atoms with Crippen LogP contribution in [0.15, 0.2) is 42.5 Å². The summed E-state index contributed by atoms with van der Waals surface area (Å²) in [6.45, 7) is 0.579. The van der Waals surface area contributed by atoms with Crippen molar-refractivity contribution >= 4 is 17.6 Å². The number of benzene rings is 2. The lowest BCUT2D eigenvalue weighted by atomic mass is 9.63. The number of amides is 1. The lowest BCUT2D eigenvalue weighted by molar-refractivity contribution is -0.127. The molecule has 2 aromatic carbocycles. The second kappa shape index (κ2) is 6.24. The van der Waals surface area contributed by atoms with Gasteiger partial charge in [0, 0.05) is 12.2 Å².